The number of pyridine rings is 1. The fourth-order valence-electron chi connectivity index (χ4n) is 3.93. The van der Waals surface area contributed by atoms with Gasteiger partial charge in [-0.3, -0.25) is 14.7 Å². The van der Waals surface area contributed by atoms with Gasteiger partial charge in [0.2, 0.25) is 0 Å². The van der Waals surface area contributed by atoms with E-state index in [9.17, 15) is 4.79 Å². The smallest absolute Gasteiger partial charge is 0.254 e. The molecule has 1 aromatic heterocycles. The summed E-state index contributed by atoms with van der Waals surface area (Å²) in [6.07, 6.45) is 6.83. The summed E-state index contributed by atoms with van der Waals surface area (Å²) in [5.41, 5.74) is 3.42. The van der Waals surface area contributed by atoms with Crippen molar-refractivity contribution in [1.82, 2.24) is 14.8 Å². The first-order valence-corrected chi connectivity index (χ1v) is 8.81. The predicted molar refractivity (Wildman–Crippen MR) is 93.7 cm³/mol. The molecule has 1 amide bonds. The molecule has 0 saturated carbocycles. The van der Waals surface area contributed by atoms with Crippen molar-refractivity contribution in [3.8, 4) is 0 Å². The van der Waals surface area contributed by atoms with Gasteiger partial charge in [0, 0.05) is 50.2 Å². The minimum atomic E-state index is 0.226. The van der Waals surface area contributed by atoms with Crippen LogP contribution in [0.1, 0.15) is 34.3 Å². The molecule has 0 unspecified atom stereocenters. The van der Waals surface area contributed by atoms with E-state index in [4.69, 9.17) is 0 Å². The molecule has 0 radical (unpaired) electrons. The molecule has 24 heavy (non-hydrogen) atoms. The number of benzene rings is 1. The summed E-state index contributed by atoms with van der Waals surface area (Å²) in [7, 11) is 0. The Labute approximate surface area is 143 Å². The Bertz CT molecular complexity index is 708. The van der Waals surface area contributed by atoms with Crippen LogP contribution in [-0.2, 0) is 13.0 Å². The zero-order valence-corrected chi connectivity index (χ0v) is 13.9. The van der Waals surface area contributed by atoms with Crippen LogP contribution in [-0.4, -0.2) is 46.4 Å². The number of aromatic nitrogens is 1. The highest BCUT2D eigenvalue weighted by Crippen LogP contribution is 2.25. The number of likely N-dealkylation sites (tertiary alicyclic amines) is 1. The first kappa shape index (κ1) is 15.3. The molecule has 4 nitrogen and oxygen atoms in total. The normalized spacial score (nSPS) is 19.3. The average Bonchev–Trinajstić information content (AvgIpc) is 2.64. The van der Waals surface area contributed by atoms with Gasteiger partial charge in [0.25, 0.3) is 5.91 Å². The van der Waals surface area contributed by atoms with Crippen molar-refractivity contribution in [2.45, 2.75) is 31.8 Å². The molecule has 2 aliphatic rings. The lowest BCUT2D eigenvalue weighted by Crippen LogP contribution is -2.49. The van der Waals surface area contributed by atoms with E-state index in [0.717, 1.165) is 51.0 Å². The first-order chi connectivity index (χ1) is 11.8. The monoisotopic (exact) mass is 321 g/mol. The molecule has 1 fully saturated rings. The third-order valence-electron chi connectivity index (χ3n) is 5.28. The van der Waals surface area contributed by atoms with Crippen molar-refractivity contribution < 1.29 is 4.79 Å². The second-order valence-corrected chi connectivity index (χ2v) is 6.77. The van der Waals surface area contributed by atoms with Crippen LogP contribution in [0.2, 0.25) is 0 Å². The van der Waals surface area contributed by atoms with Crippen LogP contribution in [0, 0.1) is 0 Å². The zero-order chi connectivity index (χ0) is 16.4. The minimum absolute atomic E-state index is 0.226. The number of rotatable bonds is 3. The highest BCUT2D eigenvalue weighted by molar-refractivity contribution is 5.96. The largest absolute Gasteiger partial charge is 0.335 e. The molecule has 4 rings (SSSR count). The molecule has 0 N–H and O–H groups in total. The molecule has 4 heteroatoms. The Hall–Kier alpha value is -2.20. The Morgan fingerprint density at radius 1 is 1.00 bits per heavy atom. The second kappa shape index (κ2) is 6.73. The summed E-state index contributed by atoms with van der Waals surface area (Å²) in [5, 5.41) is 0. The van der Waals surface area contributed by atoms with E-state index in [-0.39, 0.29) is 5.91 Å². The van der Waals surface area contributed by atoms with E-state index in [1.807, 2.05) is 30.6 Å². The van der Waals surface area contributed by atoms with E-state index >= 15 is 0 Å². The van der Waals surface area contributed by atoms with E-state index in [0.29, 0.717) is 6.04 Å². The first-order valence-electron chi connectivity index (χ1n) is 8.81. The molecule has 0 spiro atoms. The van der Waals surface area contributed by atoms with Gasteiger partial charge < -0.3 is 4.90 Å². The standard InChI is InChI=1S/C20H23N3O/c24-20-19-4-2-1-3-17(19)7-14-23(20)18-8-12-22(13-9-18)15-16-5-10-21-11-6-16/h1-6,10-11,18H,7-9,12-15H2. The van der Waals surface area contributed by atoms with Gasteiger partial charge in [-0.25, -0.2) is 0 Å². The number of carbonyl (C=O) groups excluding carboxylic acids is 1. The van der Waals surface area contributed by atoms with Crippen LogP contribution in [0.3, 0.4) is 0 Å². The van der Waals surface area contributed by atoms with Gasteiger partial charge >= 0.3 is 0 Å². The van der Waals surface area contributed by atoms with Crippen molar-refractivity contribution in [3.63, 3.8) is 0 Å². The van der Waals surface area contributed by atoms with E-state index in [1.54, 1.807) is 0 Å². The molecule has 124 valence electrons. The maximum Gasteiger partial charge on any atom is 0.254 e. The molecule has 1 saturated heterocycles. The van der Waals surface area contributed by atoms with Crippen molar-refractivity contribution in [1.29, 1.82) is 0 Å². The molecular formula is C20H23N3O. The zero-order valence-electron chi connectivity index (χ0n) is 13.9. The molecule has 0 aliphatic carbocycles. The SMILES string of the molecule is O=C1c2ccccc2CCN1C1CCN(Cc2ccncc2)CC1. The van der Waals surface area contributed by atoms with Gasteiger partial charge in [0.05, 0.1) is 0 Å². The van der Waals surface area contributed by atoms with Gasteiger partial charge in [-0.1, -0.05) is 18.2 Å². The predicted octanol–water partition coefficient (Wildman–Crippen LogP) is 2.74. The summed E-state index contributed by atoms with van der Waals surface area (Å²) in [5.74, 6) is 0.226. The van der Waals surface area contributed by atoms with Gasteiger partial charge in [-0.15, -0.1) is 0 Å². The highest BCUT2D eigenvalue weighted by atomic mass is 16.2. The summed E-state index contributed by atoms with van der Waals surface area (Å²) in [4.78, 5) is 21.5. The number of amides is 1. The summed E-state index contributed by atoms with van der Waals surface area (Å²) in [6.45, 7) is 3.95. The van der Waals surface area contributed by atoms with Gasteiger partial charge in [-0.2, -0.15) is 0 Å². The summed E-state index contributed by atoms with van der Waals surface area (Å²) in [6, 6.07) is 12.6. The Morgan fingerprint density at radius 2 is 1.75 bits per heavy atom. The lowest BCUT2D eigenvalue weighted by molar-refractivity contribution is 0.0546. The van der Waals surface area contributed by atoms with Crippen molar-refractivity contribution in [3.05, 3.63) is 65.5 Å². The fourth-order valence-corrected chi connectivity index (χ4v) is 3.93. The highest BCUT2D eigenvalue weighted by Gasteiger charge is 2.31. The molecule has 2 aromatic rings. The number of piperidine rings is 1. The topological polar surface area (TPSA) is 36.4 Å². The lowest BCUT2D eigenvalue weighted by Gasteiger charge is -2.40. The van der Waals surface area contributed by atoms with Crippen molar-refractivity contribution >= 4 is 5.91 Å². The van der Waals surface area contributed by atoms with Gasteiger partial charge in [-0.05, 0) is 48.6 Å². The third-order valence-corrected chi connectivity index (χ3v) is 5.28. The number of hydrogen-bond acceptors (Lipinski definition) is 3. The number of hydrogen-bond donors (Lipinski definition) is 0. The number of nitrogens with zero attached hydrogens (tertiary/aromatic N) is 3. The fraction of sp³-hybridized carbons (Fsp3) is 0.400. The van der Waals surface area contributed by atoms with Crippen LogP contribution in [0.4, 0.5) is 0 Å². The molecule has 0 atom stereocenters. The molecule has 3 heterocycles. The molecule has 0 bridgehead atoms. The summed E-state index contributed by atoms with van der Waals surface area (Å²) >= 11 is 0. The number of carbonyl (C=O) groups is 1. The minimum Gasteiger partial charge on any atom is -0.335 e. The van der Waals surface area contributed by atoms with Crippen molar-refractivity contribution in [2.24, 2.45) is 0 Å². The Kier molecular flexibility index (Phi) is 4.30. The molecule has 2 aliphatic heterocycles. The second-order valence-electron chi connectivity index (χ2n) is 6.77. The van der Waals surface area contributed by atoms with E-state index in [1.165, 1.54) is 11.1 Å². The van der Waals surface area contributed by atoms with E-state index < -0.39 is 0 Å². The van der Waals surface area contributed by atoms with Gasteiger partial charge in [0.15, 0.2) is 0 Å². The number of fused-ring (bicyclic) bond motifs is 1. The maximum atomic E-state index is 12.8. The quantitative estimate of drug-likeness (QED) is 0.872. The Morgan fingerprint density at radius 3 is 2.54 bits per heavy atom. The third kappa shape index (κ3) is 3.06. The molecular weight excluding hydrogens is 298 g/mol. The van der Waals surface area contributed by atoms with Crippen LogP contribution in [0.25, 0.3) is 0 Å². The van der Waals surface area contributed by atoms with Gasteiger partial charge in [0.1, 0.15) is 0 Å². The average molecular weight is 321 g/mol. The van der Waals surface area contributed by atoms with Crippen LogP contribution in [0.5, 0.6) is 0 Å². The Balaban J connectivity index is 1.37. The summed E-state index contributed by atoms with van der Waals surface area (Å²) < 4.78 is 0. The van der Waals surface area contributed by atoms with Crippen LogP contribution in [0.15, 0.2) is 48.8 Å². The maximum absolute atomic E-state index is 12.8. The molecule has 1 aromatic carbocycles. The van der Waals surface area contributed by atoms with E-state index in [2.05, 4.69) is 33.0 Å². The van der Waals surface area contributed by atoms with Crippen molar-refractivity contribution in [2.75, 3.05) is 19.6 Å². The lowest BCUT2D eigenvalue weighted by atomic mass is 9.94. The van der Waals surface area contributed by atoms with Crippen LogP contribution < -0.4 is 0 Å². The van der Waals surface area contributed by atoms with Crippen LogP contribution >= 0.6 is 0 Å².